The molecule has 4 heteroatoms. The second kappa shape index (κ2) is 7.45. The standard InChI is InChI=1S/C19H31N3O/c1-19(2,3)17-8-6-7-16(13-17)14-21-9-11-22(12-10-21)15-18(23)20(4)5/h6-8,13H,9-12,14-15H2,1-5H3. The molecule has 2 rings (SSSR count). The van der Waals surface area contributed by atoms with Crippen LogP contribution in [0.25, 0.3) is 0 Å². The largest absolute Gasteiger partial charge is 0.348 e. The highest BCUT2D eigenvalue weighted by atomic mass is 16.2. The third-order valence-electron chi connectivity index (χ3n) is 4.52. The van der Waals surface area contributed by atoms with E-state index >= 15 is 0 Å². The normalized spacial score (nSPS) is 17.3. The van der Waals surface area contributed by atoms with Gasteiger partial charge in [-0.25, -0.2) is 0 Å². The summed E-state index contributed by atoms with van der Waals surface area (Å²) in [6, 6.07) is 8.94. The maximum atomic E-state index is 11.8. The molecule has 1 aliphatic heterocycles. The predicted octanol–water partition coefficient (Wildman–Crippen LogP) is 2.19. The summed E-state index contributed by atoms with van der Waals surface area (Å²) in [6.45, 7) is 12.3. The van der Waals surface area contributed by atoms with Crippen molar-refractivity contribution in [2.24, 2.45) is 0 Å². The summed E-state index contributed by atoms with van der Waals surface area (Å²) in [4.78, 5) is 18.2. The van der Waals surface area contributed by atoms with Gasteiger partial charge in [0.15, 0.2) is 0 Å². The van der Waals surface area contributed by atoms with Gasteiger partial charge in [-0.15, -0.1) is 0 Å². The van der Waals surface area contributed by atoms with Crippen LogP contribution >= 0.6 is 0 Å². The van der Waals surface area contributed by atoms with Gasteiger partial charge in [-0.05, 0) is 16.5 Å². The van der Waals surface area contributed by atoms with E-state index in [1.807, 2.05) is 14.1 Å². The highest BCUT2D eigenvalue weighted by Crippen LogP contribution is 2.23. The van der Waals surface area contributed by atoms with E-state index in [1.165, 1.54) is 11.1 Å². The van der Waals surface area contributed by atoms with E-state index in [9.17, 15) is 4.79 Å². The maximum absolute atomic E-state index is 11.8. The van der Waals surface area contributed by atoms with E-state index in [2.05, 4.69) is 54.8 Å². The molecule has 1 fully saturated rings. The lowest BCUT2D eigenvalue weighted by Crippen LogP contribution is -2.48. The Morgan fingerprint density at radius 2 is 1.70 bits per heavy atom. The molecule has 0 saturated carbocycles. The zero-order chi connectivity index (χ0) is 17.0. The number of hydrogen-bond donors (Lipinski definition) is 0. The van der Waals surface area contributed by atoms with E-state index in [4.69, 9.17) is 0 Å². The lowest BCUT2D eigenvalue weighted by atomic mass is 9.86. The van der Waals surface area contributed by atoms with Gasteiger partial charge in [0, 0.05) is 46.8 Å². The molecule has 0 aromatic heterocycles. The first-order chi connectivity index (χ1) is 10.8. The molecule has 0 spiro atoms. The zero-order valence-electron chi connectivity index (χ0n) is 15.3. The monoisotopic (exact) mass is 317 g/mol. The summed E-state index contributed by atoms with van der Waals surface area (Å²) in [7, 11) is 3.64. The molecule has 1 aromatic rings. The molecule has 1 aliphatic rings. The fraction of sp³-hybridized carbons (Fsp3) is 0.632. The van der Waals surface area contributed by atoms with Crippen LogP contribution in [-0.4, -0.2) is 67.4 Å². The van der Waals surface area contributed by atoms with Gasteiger partial charge < -0.3 is 4.90 Å². The second-order valence-corrected chi connectivity index (χ2v) is 7.79. The number of benzene rings is 1. The highest BCUT2D eigenvalue weighted by molar-refractivity contribution is 5.77. The van der Waals surface area contributed by atoms with Crippen LogP contribution in [0.5, 0.6) is 0 Å². The molecule has 1 aromatic carbocycles. The van der Waals surface area contributed by atoms with Crippen LogP contribution in [0.3, 0.4) is 0 Å². The summed E-state index contributed by atoms with van der Waals surface area (Å²) in [5.41, 5.74) is 2.97. The number of carbonyl (C=O) groups excluding carboxylic acids is 1. The summed E-state index contributed by atoms with van der Waals surface area (Å²) in [5, 5.41) is 0. The smallest absolute Gasteiger partial charge is 0.236 e. The molecule has 0 N–H and O–H groups in total. The third-order valence-corrected chi connectivity index (χ3v) is 4.52. The van der Waals surface area contributed by atoms with Crippen molar-refractivity contribution in [3.63, 3.8) is 0 Å². The number of carbonyl (C=O) groups is 1. The van der Waals surface area contributed by atoms with Crippen LogP contribution in [0.4, 0.5) is 0 Å². The van der Waals surface area contributed by atoms with Crippen molar-refractivity contribution in [2.45, 2.75) is 32.7 Å². The third kappa shape index (κ3) is 5.33. The summed E-state index contributed by atoms with van der Waals surface area (Å²) < 4.78 is 0. The lowest BCUT2D eigenvalue weighted by molar-refractivity contribution is -0.130. The quantitative estimate of drug-likeness (QED) is 0.852. The molecular formula is C19H31N3O. The van der Waals surface area contributed by atoms with E-state index in [1.54, 1.807) is 4.90 Å². The Morgan fingerprint density at radius 3 is 2.26 bits per heavy atom. The first-order valence-electron chi connectivity index (χ1n) is 8.50. The minimum absolute atomic E-state index is 0.191. The van der Waals surface area contributed by atoms with Gasteiger partial charge >= 0.3 is 0 Å². The van der Waals surface area contributed by atoms with Gasteiger partial charge in [0.25, 0.3) is 0 Å². The fourth-order valence-electron chi connectivity index (χ4n) is 2.83. The molecule has 1 saturated heterocycles. The Hall–Kier alpha value is -1.39. The molecule has 0 aliphatic carbocycles. The van der Waals surface area contributed by atoms with Crippen molar-refractivity contribution in [3.8, 4) is 0 Å². The average molecular weight is 317 g/mol. The van der Waals surface area contributed by atoms with Crippen molar-refractivity contribution >= 4 is 5.91 Å². The van der Waals surface area contributed by atoms with Crippen molar-refractivity contribution in [1.29, 1.82) is 0 Å². The Labute approximate surface area is 141 Å². The van der Waals surface area contributed by atoms with Crippen LogP contribution in [0.2, 0.25) is 0 Å². The van der Waals surface area contributed by atoms with E-state index < -0.39 is 0 Å². The number of hydrogen-bond acceptors (Lipinski definition) is 3. The van der Waals surface area contributed by atoms with Crippen molar-refractivity contribution in [2.75, 3.05) is 46.8 Å². The van der Waals surface area contributed by atoms with Crippen molar-refractivity contribution in [1.82, 2.24) is 14.7 Å². The molecule has 1 amide bonds. The van der Waals surface area contributed by atoms with E-state index in [-0.39, 0.29) is 11.3 Å². The maximum Gasteiger partial charge on any atom is 0.236 e. The molecule has 0 bridgehead atoms. The van der Waals surface area contributed by atoms with Gasteiger partial charge in [-0.2, -0.15) is 0 Å². The lowest BCUT2D eigenvalue weighted by Gasteiger charge is -2.35. The molecule has 23 heavy (non-hydrogen) atoms. The predicted molar refractivity (Wildman–Crippen MR) is 95.6 cm³/mol. The van der Waals surface area contributed by atoms with Crippen molar-refractivity contribution < 1.29 is 4.79 Å². The molecule has 0 unspecified atom stereocenters. The Balaban J connectivity index is 1.86. The topological polar surface area (TPSA) is 26.8 Å². The van der Waals surface area contributed by atoms with E-state index in [0.29, 0.717) is 6.54 Å². The summed E-state index contributed by atoms with van der Waals surface area (Å²) in [5.74, 6) is 0.191. The SMILES string of the molecule is CN(C)C(=O)CN1CCN(Cc2cccc(C(C)(C)C)c2)CC1. The first-order valence-corrected chi connectivity index (χ1v) is 8.50. The zero-order valence-corrected chi connectivity index (χ0v) is 15.3. The summed E-state index contributed by atoms with van der Waals surface area (Å²) >= 11 is 0. The van der Waals surface area contributed by atoms with Gasteiger partial charge in [0.05, 0.1) is 6.54 Å². The highest BCUT2D eigenvalue weighted by Gasteiger charge is 2.20. The van der Waals surface area contributed by atoms with Gasteiger partial charge in [0.2, 0.25) is 5.91 Å². The first kappa shape index (κ1) is 18.0. The average Bonchev–Trinajstić information content (AvgIpc) is 2.48. The number of nitrogens with zero attached hydrogens (tertiary/aromatic N) is 3. The minimum Gasteiger partial charge on any atom is -0.348 e. The second-order valence-electron chi connectivity index (χ2n) is 7.79. The Morgan fingerprint density at radius 1 is 1.09 bits per heavy atom. The molecular weight excluding hydrogens is 286 g/mol. The summed E-state index contributed by atoms with van der Waals surface area (Å²) in [6.07, 6.45) is 0. The van der Waals surface area contributed by atoms with Gasteiger partial charge in [0.1, 0.15) is 0 Å². The number of amides is 1. The van der Waals surface area contributed by atoms with Crippen LogP contribution < -0.4 is 0 Å². The minimum atomic E-state index is 0.191. The molecule has 1 heterocycles. The number of likely N-dealkylation sites (N-methyl/N-ethyl adjacent to an activating group) is 1. The van der Waals surface area contributed by atoms with Crippen LogP contribution in [0.15, 0.2) is 24.3 Å². The Kier molecular flexibility index (Phi) is 5.82. The molecule has 128 valence electrons. The molecule has 0 radical (unpaired) electrons. The van der Waals surface area contributed by atoms with Crippen molar-refractivity contribution in [3.05, 3.63) is 35.4 Å². The Bertz CT molecular complexity index is 526. The van der Waals surface area contributed by atoms with Crippen LogP contribution in [-0.2, 0) is 16.8 Å². The molecule has 4 nitrogen and oxygen atoms in total. The van der Waals surface area contributed by atoms with Gasteiger partial charge in [-0.1, -0.05) is 45.0 Å². The van der Waals surface area contributed by atoms with E-state index in [0.717, 1.165) is 32.7 Å². The number of piperazine rings is 1. The van der Waals surface area contributed by atoms with Crippen LogP contribution in [0.1, 0.15) is 31.9 Å². The van der Waals surface area contributed by atoms with Crippen LogP contribution in [0, 0.1) is 0 Å². The van der Waals surface area contributed by atoms with Gasteiger partial charge in [-0.3, -0.25) is 14.6 Å². The fourth-order valence-corrected chi connectivity index (χ4v) is 2.83. The molecule has 0 atom stereocenters. The number of rotatable bonds is 4.